The molecule has 1 N–H and O–H groups in total. The van der Waals surface area contributed by atoms with Gasteiger partial charge in [0.2, 0.25) is 0 Å². The Morgan fingerprint density at radius 3 is 2.64 bits per heavy atom. The highest BCUT2D eigenvalue weighted by molar-refractivity contribution is 9.10. The highest BCUT2D eigenvalue weighted by Crippen LogP contribution is 2.32. The van der Waals surface area contributed by atoms with Crippen LogP contribution in [0.1, 0.15) is 10.4 Å². The molecule has 0 atom stereocenters. The number of nitrogens with one attached hydrogen (secondary N) is 1. The van der Waals surface area contributed by atoms with Gasteiger partial charge in [-0.25, -0.2) is 4.79 Å². The van der Waals surface area contributed by atoms with Gasteiger partial charge in [0.15, 0.2) is 11.5 Å². The average molecular weight is 402 g/mol. The third-order valence-electron chi connectivity index (χ3n) is 3.74. The Labute approximate surface area is 150 Å². The van der Waals surface area contributed by atoms with Gasteiger partial charge in [-0.3, -0.25) is 4.79 Å². The van der Waals surface area contributed by atoms with Crippen LogP contribution in [0.15, 0.2) is 56.1 Å². The molecule has 3 aromatic rings. The van der Waals surface area contributed by atoms with Gasteiger partial charge in [0, 0.05) is 21.6 Å². The van der Waals surface area contributed by atoms with Crippen molar-refractivity contribution in [2.45, 2.75) is 0 Å². The molecule has 1 aliphatic heterocycles. The monoisotopic (exact) mass is 401 g/mol. The molecule has 0 bridgehead atoms. The first kappa shape index (κ1) is 15.7. The number of hydrogen-bond donors (Lipinski definition) is 1. The molecular weight excluding hydrogens is 390 g/mol. The molecule has 4 rings (SSSR count). The van der Waals surface area contributed by atoms with Crippen molar-refractivity contribution in [1.29, 1.82) is 0 Å². The molecule has 0 fully saturated rings. The lowest BCUT2D eigenvalue weighted by atomic mass is 10.1. The van der Waals surface area contributed by atoms with Gasteiger partial charge >= 0.3 is 5.63 Å². The number of carbonyl (C=O) groups is 1. The number of fused-ring (bicyclic) bond motifs is 2. The van der Waals surface area contributed by atoms with Crippen LogP contribution in [0.25, 0.3) is 11.0 Å². The average Bonchev–Trinajstić information content (AvgIpc) is 2.61. The van der Waals surface area contributed by atoms with E-state index in [-0.39, 0.29) is 5.56 Å². The Bertz CT molecular complexity index is 1040. The summed E-state index contributed by atoms with van der Waals surface area (Å²) in [6, 6.07) is 11.8. The van der Waals surface area contributed by atoms with E-state index in [9.17, 15) is 9.59 Å². The summed E-state index contributed by atoms with van der Waals surface area (Å²) in [5, 5.41) is 3.34. The maximum atomic E-state index is 12.5. The first-order valence-corrected chi connectivity index (χ1v) is 8.34. The number of halogens is 1. The third kappa shape index (κ3) is 3.10. The van der Waals surface area contributed by atoms with Gasteiger partial charge in [-0.2, -0.15) is 0 Å². The molecule has 2 heterocycles. The van der Waals surface area contributed by atoms with E-state index < -0.39 is 11.5 Å². The number of hydrogen-bond acceptors (Lipinski definition) is 5. The zero-order chi connectivity index (χ0) is 17.4. The van der Waals surface area contributed by atoms with Gasteiger partial charge in [0.1, 0.15) is 24.4 Å². The van der Waals surface area contributed by atoms with Gasteiger partial charge < -0.3 is 19.2 Å². The predicted molar refractivity (Wildman–Crippen MR) is 95.6 cm³/mol. The predicted octanol–water partition coefficient (Wildman–Crippen LogP) is 3.58. The Morgan fingerprint density at radius 1 is 1.00 bits per heavy atom. The molecular formula is C18H12BrNO5. The summed E-state index contributed by atoms with van der Waals surface area (Å²) in [7, 11) is 0. The van der Waals surface area contributed by atoms with Crippen LogP contribution in [-0.2, 0) is 0 Å². The summed E-state index contributed by atoms with van der Waals surface area (Å²) < 4.78 is 17.0. The van der Waals surface area contributed by atoms with Crippen LogP contribution in [0.4, 0.5) is 5.69 Å². The summed E-state index contributed by atoms with van der Waals surface area (Å²) in [6.07, 6.45) is 0. The Hall–Kier alpha value is -2.80. The van der Waals surface area contributed by atoms with Crippen molar-refractivity contribution in [2.24, 2.45) is 0 Å². The standard InChI is InChI=1S/C18H12BrNO5/c19-11-1-3-14-10(7-11)8-13(18(22)25-14)17(21)20-12-2-4-15-16(9-12)24-6-5-23-15/h1-4,7-9H,5-6H2,(H,20,21). The molecule has 0 radical (unpaired) electrons. The van der Waals surface area contributed by atoms with Crippen LogP contribution in [0, 0.1) is 0 Å². The minimum Gasteiger partial charge on any atom is -0.486 e. The second-order valence-electron chi connectivity index (χ2n) is 5.44. The van der Waals surface area contributed by atoms with Gasteiger partial charge in [0.25, 0.3) is 5.91 Å². The number of carbonyl (C=O) groups excluding carboxylic acids is 1. The molecule has 1 aliphatic rings. The van der Waals surface area contributed by atoms with E-state index in [2.05, 4.69) is 21.2 Å². The van der Waals surface area contributed by atoms with Crippen LogP contribution in [-0.4, -0.2) is 19.1 Å². The second kappa shape index (κ2) is 6.25. The van der Waals surface area contributed by atoms with Gasteiger partial charge in [-0.15, -0.1) is 0 Å². The van der Waals surface area contributed by atoms with Crippen LogP contribution >= 0.6 is 15.9 Å². The van der Waals surface area contributed by atoms with Gasteiger partial charge in [-0.05, 0) is 36.4 Å². The first-order chi connectivity index (χ1) is 12.1. The first-order valence-electron chi connectivity index (χ1n) is 7.54. The van der Waals surface area contributed by atoms with Gasteiger partial charge in [0.05, 0.1) is 0 Å². The zero-order valence-corrected chi connectivity index (χ0v) is 14.5. The van der Waals surface area contributed by atoms with Gasteiger partial charge in [-0.1, -0.05) is 15.9 Å². The highest BCUT2D eigenvalue weighted by Gasteiger charge is 2.16. The van der Waals surface area contributed by atoms with Crippen LogP contribution in [0.3, 0.4) is 0 Å². The number of rotatable bonds is 2. The minimum atomic E-state index is -0.690. The largest absolute Gasteiger partial charge is 0.486 e. The van der Waals surface area contributed by atoms with E-state index in [0.29, 0.717) is 41.4 Å². The topological polar surface area (TPSA) is 77.8 Å². The Kier molecular flexibility index (Phi) is 3.93. The minimum absolute atomic E-state index is 0.0690. The molecule has 0 unspecified atom stereocenters. The maximum Gasteiger partial charge on any atom is 0.349 e. The molecule has 1 aromatic heterocycles. The maximum absolute atomic E-state index is 12.5. The summed E-state index contributed by atoms with van der Waals surface area (Å²) in [5.41, 5.74) is 0.164. The van der Waals surface area contributed by atoms with E-state index in [0.717, 1.165) is 4.47 Å². The number of benzene rings is 2. The smallest absolute Gasteiger partial charge is 0.349 e. The number of ether oxygens (including phenoxy) is 2. The third-order valence-corrected chi connectivity index (χ3v) is 4.23. The van der Waals surface area contributed by atoms with Crippen molar-refractivity contribution in [2.75, 3.05) is 18.5 Å². The summed E-state index contributed by atoms with van der Waals surface area (Å²) in [4.78, 5) is 24.6. The lowest BCUT2D eigenvalue weighted by Crippen LogP contribution is -2.21. The van der Waals surface area contributed by atoms with Crippen molar-refractivity contribution >= 4 is 38.5 Å². The fourth-order valence-corrected chi connectivity index (χ4v) is 2.95. The summed E-state index contributed by atoms with van der Waals surface area (Å²) in [5.74, 6) is 0.630. The molecule has 25 heavy (non-hydrogen) atoms. The molecule has 2 aromatic carbocycles. The Balaban J connectivity index is 1.66. The fourth-order valence-electron chi connectivity index (χ4n) is 2.57. The Morgan fingerprint density at radius 2 is 1.80 bits per heavy atom. The van der Waals surface area contributed by atoms with E-state index in [1.165, 1.54) is 6.07 Å². The van der Waals surface area contributed by atoms with Crippen molar-refractivity contribution in [3.63, 3.8) is 0 Å². The van der Waals surface area contributed by atoms with E-state index in [4.69, 9.17) is 13.9 Å². The number of anilines is 1. The van der Waals surface area contributed by atoms with Crippen molar-refractivity contribution in [3.05, 3.63) is 62.9 Å². The molecule has 6 nitrogen and oxygen atoms in total. The molecule has 0 spiro atoms. The SMILES string of the molecule is O=C(Nc1ccc2c(c1)OCCO2)c1cc2cc(Br)ccc2oc1=O. The molecule has 0 aliphatic carbocycles. The van der Waals surface area contributed by atoms with Crippen LogP contribution in [0.2, 0.25) is 0 Å². The van der Waals surface area contributed by atoms with E-state index >= 15 is 0 Å². The molecule has 7 heteroatoms. The highest BCUT2D eigenvalue weighted by atomic mass is 79.9. The second-order valence-corrected chi connectivity index (χ2v) is 6.36. The zero-order valence-electron chi connectivity index (χ0n) is 12.9. The van der Waals surface area contributed by atoms with Crippen molar-refractivity contribution < 1.29 is 18.7 Å². The van der Waals surface area contributed by atoms with E-state index in [1.807, 2.05) is 0 Å². The molecule has 126 valence electrons. The summed E-state index contributed by atoms with van der Waals surface area (Å²) in [6.45, 7) is 0.944. The van der Waals surface area contributed by atoms with Crippen LogP contribution < -0.4 is 20.4 Å². The van der Waals surface area contributed by atoms with Crippen molar-refractivity contribution in [1.82, 2.24) is 0 Å². The molecule has 1 amide bonds. The van der Waals surface area contributed by atoms with Crippen LogP contribution in [0.5, 0.6) is 11.5 Å². The fraction of sp³-hybridized carbons (Fsp3) is 0.111. The quantitative estimate of drug-likeness (QED) is 0.664. The molecule has 0 saturated heterocycles. The van der Waals surface area contributed by atoms with E-state index in [1.54, 1.807) is 36.4 Å². The summed E-state index contributed by atoms with van der Waals surface area (Å²) >= 11 is 3.36. The lowest BCUT2D eigenvalue weighted by molar-refractivity contribution is 0.102. The normalized spacial score (nSPS) is 12.8. The number of amides is 1. The lowest BCUT2D eigenvalue weighted by Gasteiger charge is -2.18. The van der Waals surface area contributed by atoms with Crippen molar-refractivity contribution in [3.8, 4) is 11.5 Å². The molecule has 0 saturated carbocycles.